The maximum Gasteiger partial charge on any atom is 0.237 e. The Hall–Kier alpha value is -0.260. The topological polar surface area (TPSA) is 75.4 Å². The highest BCUT2D eigenvalue weighted by Crippen LogP contribution is 2.23. The largest absolute Gasteiger partial charge is 0.392 e. The zero-order valence-corrected chi connectivity index (χ0v) is 10.8. The molecule has 0 aromatic heterocycles. The molecule has 0 aromatic carbocycles. The SMILES string of the molecule is CC(C)[C@H](N)C(=O)N[C@H]1CC[C@@H](O)[C@H](S)C1. The summed E-state index contributed by atoms with van der Waals surface area (Å²) in [7, 11) is 0. The number of nitrogens with one attached hydrogen (secondary N) is 1. The van der Waals surface area contributed by atoms with E-state index in [0.29, 0.717) is 12.8 Å². The van der Waals surface area contributed by atoms with E-state index in [1.807, 2.05) is 13.8 Å². The van der Waals surface area contributed by atoms with Crippen molar-refractivity contribution in [3.63, 3.8) is 0 Å². The van der Waals surface area contributed by atoms with E-state index in [9.17, 15) is 9.90 Å². The zero-order chi connectivity index (χ0) is 12.3. The zero-order valence-electron chi connectivity index (χ0n) is 9.89. The van der Waals surface area contributed by atoms with Crippen LogP contribution in [0.2, 0.25) is 0 Å². The van der Waals surface area contributed by atoms with Crippen LogP contribution in [0.3, 0.4) is 0 Å². The minimum absolute atomic E-state index is 0.0469. The normalized spacial score (nSPS) is 32.5. The van der Waals surface area contributed by atoms with E-state index < -0.39 is 6.04 Å². The molecule has 0 spiro atoms. The molecule has 4 atom stereocenters. The summed E-state index contributed by atoms with van der Waals surface area (Å²) >= 11 is 4.30. The standard InChI is InChI=1S/C11H22N2O2S/c1-6(2)10(12)11(15)13-7-3-4-8(14)9(16)5-7/h6-10,14,16H,3-5,12H2,1-2H3,(H,13,15)/t7-,8+,9+,10-/m0/s1. The fraction of sp³-hybridized carbons (Fsp3) is 0.909. The Morgan fingerprint density at radius 1 is 1.50 bits per heavy atom. The van der Waals surface area contributed by atoms with Gasteiger partial charge in [-0.3, -0.25) is 4.79 Å². The van der Waals surface area contributed by atoms with Gasteiger partial charge in [-0.1, -0.05) is 13.8 Å². The lowest BCUT2D eigenvalue weighted by Crippen LogP contribution is -2.50. The van der Waals surface area contributed by atoms with Crippen LogP contribution in [-0.4, -0.2) is 34.5 Å². The minimum atomic E-state index is -0.454. The molecule has 1 aliphatic rings. The number of rotatable bonds is 3. The lowest BCUT2D eigenvalue weighted by Gasteiger charge is -2.31. The number of aliphatic hydroxyl groups is 1. The molecule has 5 heteroatoms. The summed E-state index contributed by atoms with van der Waals surface area (Å²) < 4.78 is 0. The van der Waals surface area contributed by atoms with Gasteiger partial charge in [-0.2, -0.15) is 12.6 Å². The van der Waals surface area contributed by atoms with Crippen LogP contribution in [0.1, 0.15) is 33.1 Å². The van der Waals surface area contributed by atoms with Gasteiger partial charge in [0.1, 0.15) is 0 Å². The van der Waals surface area contributed by atoms with E-state index in [1.165, 1.54) is 0 Å². The minimum Gasteiger partial charge on any atom is -0.392 e. The number of amides is 1. The van der Waals surface area contributed by atoms with Gasteiger partial charge in [-0.05, 0) is 25.2 Å². The molecule has 1 rings (SSSR count). The lowest BCUT2D eigenvalue weighted by molar-refractivity contribution is -0.124. The van der Waals surface area contributed by atoms with E-state index in [-0.39, 0.29) is 29.2 Å². The van der Waals surface area contributed by atoms with Crippen molar-refractivity contribution in [2.24, 2.45) is 11.7 Å². The van der Waals surface area contributed by atoms with Crippen LogP contribution >= 0.6 is 12.6 Å². The number of nitrogens with two attached hydrogens (primary N) is 1. The average molecular weight is 246 g/mol. The Morgan fingerprint density at radius 3 is 2.62 bits per heavy atom. The number of hydrogen-bond acceptors (Lipinski definition) is 4. The summed E-state index contributed by atoms with van der Waals surface area (Å²) in [6, 6.07) is -0.353. The second-order valence-electron chi connectivity index (χ2n) is 4.92. The van der Waals surface area contributed by atoms with E-state index in [0.717, 1.165) is 6.42 Å². The molecular formula is C11H22N2O2S. The van der Waals surface area contributed by atoms with E-state index in [2.05, 4.69) is 17.9 Å². The van der Waals surface area contributed by atoms with E-state index >= 15 is 0 Å². The van der Waals surface area contributed by atoms with Crippen LogP contribution in [-0.2, 0) is 4.79 Å². The predicted octanol–water partition coefficient (Wildman–Crippen LogP) is 0.298. The van der Waals surface area contributed by atoms with Crippen molar-refractivity contribution in [1.82, 2.24) is 5.32 Å². The van der Waals surface area contributed by atoms with Gasteiger partial charge < -0.3 is 16.2 Å². The summed E-state index contributed by atoms with van der Waals surface area (Å²) in [4.78, 5) is 11.7. The maximum absolute atomic E-state index is 11.7. The molecule has 0 bridgehead atoms. The molecule has 0 aromatic rings. The molecule has 4 N–H and O–H groups in total. The van der Waals surface area contributed by atoms with Crippen LogP contribution in [0.25, 0.3) is 0 Å². The summed E-state index contributed by atoms with van der Waals surface area (Å²) in [5.41, 5.74) is 5.76. The van der Waals surface area contributed by atoms with Crippen LogP contribution in [0.15, 0.2) is 0 Å². The van der Waals surface area contributed by atoms with Crippen LogP contribution in [0, 0.1) is 5.92 Å². The van der Waals surface area contributed by atoms with Crippen molar-refractivity contribution >= 4 is 18.5 Å². The molecule has 1 amide bonds. The molecule has 1 aliphatic carbocycles. The highest BCUT2D eigenvalue weighted by Gasteiger charge is 2.29. The maximum atomic E-state index is 11.7. The van der Waals surface area contributed by atoms with Crippen molar-refractivity contribution < 1.29 is 9.90 Å². The summed E-state index contributed by atoms with van der Waals surface area (Å²) in [5.74, 6) is 0.0397. The third kappa shape index (κ3) is 3.64. The van der Waals surface area contributed by atoms with Gasteiger partial charge in [0.25, 0.3) is 0 Å². The van der Waals surface area contributed by atoms with Gasteiger partial charge in [0.15, 0.2) is 0 Å². The van der Waals surface area contributed by atoms with Crippen molar-refractivity contribution in [2.75, 3.05) is 0 Å². The monoisotopic (exact) mass is 246 g/mol. The third-order valence-electron chi connectivity index (χ3n) is 3.15. The average Bonchev–Trinajstić information content (AvgIpc) is 2.22. The number of thiol groups is 1. The Balaban J connectivity index is 2.40. The van der Waals surface area contributed by atoms with Gasteiger partial charge in [0, 0.05) is 11.3 Å². The fourth-order valence-electron chi connectivity index (χ4n) is 1.86. The van der Waals surface area contributed by atoms with Gasteiger partial charge in [0.2, 0.25) is 5.91 Å². The Labute approximate surface area is 102 Å². The molecule has 1 fully saturated rings. The van der Waals surface area contributed by atoms with Crippen molar-refractivity contribution in [3.8, 4) is 0 Å². The first-order chi connectivity index (χ1) is 7.41. The number of aliphatic hydroxyl groups excluding tert-OH is 1. The predicted molar refractivity (Wildman–Crippen MR) is 67.4 cm³/mol. The molecule has 0 unspecified atom stereocenters. The molecule has 0 saturated heterocycles. The van der Waals surface area contributed by atoms with Gasteiger partial charge in [-0.25, -0.2) is 0 Å². The molecule has 94 valence electrons. The highest BCUT2D eigenvalue weighted by atomic mass is 32.1. The molecule has 0 heterocycles. The fourth-order valence-corrected chi connectivity index (χ4v) is 2.27. The van der Waals surface area contributed by atoms with Gasteiger partial charge in [-0.15, -0.1) is 0 Å². The van der Waals surface area contributed by atoms with Crippen LogP contribution in [0.5, 0.6) is 0 Å². The Bertz CT molecular complexity index is 248. The summed E-state index contributed by atoms with van der Waals surface area (Å²) in [6.45, 7) is 3.85. The molecule has 0 radical (unpaired) electrons. The first kappa shape index (κ1) is 13.8. The van der Waals surface area contributed by atoms with Gasteiger partial charge in [0.05, 0.1) is 12.1 Å². The molecule has 16 heavy (non-hydrogen) atoms. The van der Waals surface area contributed by atoms with Crippen molar-refractivity contribution in [3.05, 3.63) is 0 Å². The molecular weight excluding hydrogens is 224 g/mol. The number of carbonyl (C=O) groups is 1. The smallest absolute Gasteiger partial charge is 0.237 e. The van der Waals surface area contributed by atoms with Crippen LogP contribution < -0.4 is 11.1 Å². The van der Waals surface area contributed by atoms with E-state index in [1.54, 1.807) is 0 Å². The molecule has 0 aliphatic heterocycles. The Morgan fingerprint density at radius 2 is 2.12 bits per heavy atom. The second kappa shape index (κ2) is 5.89. The van der Waals surface area contributed by atoms with E-state index in [4.69, 9.17) is 5.73 Å². The molecule has 1 saturated carbocycles. The van der Waals surface area contributed by atoms with Crippen LogP contribution in [0.4, 0.5) is 0 Å². The van der Waals surface area contributed by atoms with Crippen molar-refractivity contribution in [2.45, 2.75) is 56.5 Å². The first-order valence-electron chi connectivity index (χ1n) is 5.84. The number of hydrogen-bond donors (Lipinski definition) is 4. The highest BCUT2D eigenvalue weighted by molar-refractivity contribution is 7.81. The summed E-state index contributed by atoms with van der Waals surface area (Å²) in [5, 5.41) is 12.4. The Kier molecular flexibility index (Phi) is 5.08. The second-order valence-corrected chi connectivity index (χ2v) is 5.59. The first-order valence-corrected chi connectivity index (χ1v) is 6.35. The third-order valence-corrected chi connectivity index (χ3v) is 3.70. The quantitative estimate of drug-likeness (QED) is 0.541. The number of carbonyl (C=O) groups excluding carboxylic acids is 1. The lowest BCUT2D eigenvalue weighted by atomic mass is 9.92. The molecule has 4 nitrogen and oxygen atoms in total. The van der Waals surface area contributed by atoms with Gasteiger partial charge >= 0.3 is 0 Å². The summed E-state index contributed by atoms with van der Waals surface area (Å²) in [6.07, 6.45) is 1.85. The van der Waals surface area contributed by atoms with Crippen molar-refractivity contribution in [1.29, 1.82) is 0 Å².